The van der Waals surface area contributed by atoms with Crippen LogP contribution in [0.3, 0.4) is 0 Å². The molecule has 0 saturated heterocycles. The predicted octanol–water partition coefficient (Wildman–Crippen LogP) is 1.75. The molecule has 1 fully saturated rings. The number of carbonyl (C=O) groups is 1. The third-order valence-electron chi connectivity index (χ3n) is 2.21. The quantitative estimate of drug-likeness (QED) is 0.593. The fraction of sp³-hybridized carbons (Fsp3) is 0.900. The molecule has 3 nitrogen and oxygen atoms in total. The zero-order chi connectivity index (χ0) is 9.68. The predicted molar refractivity (Wildman–Crippen MR) is 49.4 cm³/mol. The van der Waals surface area contributed by atoms with Crippen LogP contribution in [0.25, 0.3) is 0 Å². The van der Waals surface area contributed by atoms with Gasteiger partial charge in [-0.2, -0.15) is 0 Å². The lowest BCUT2D eigenvalue weighted by atomic mass is 10.3. The Morgan fingerprint density at radius 2 is 2.23 bits per heavy atom. The van der Waals surface area contributed by atoms with E-state index in [2.05, 4.69) is 0 Å². The van der Waals surface area contributed by atoms with Crippen LogP contribution < -0.4 is 0 Å². The van der Waals surface area contributed by atoms with Gasteiger partial charge in [-0.05, 0) is 26.2 Å². The maximum absolute atomic E-state index is 11.1. The lowest BCUT2D eigenvalue weighted by Gasteiger charge is -2.11. The van der Waals surface area contributed by atoms with Gasteiger partial charge >= 0.3 is 5.97 Å². The summed E-state index contributed by atoms with van der Waals surface area (Å²) in [5, 5.41) is 0. The molecule has 1 atom stereocenters. The van der Waals surface area contributed by atoms with Gasteiger partial charge in [-0.15, -0.1) is 0 Å². The molecule has 0 spiro atoms. The normalized spacial score (nSPS) is 18.3. The number of carbonyl (C=O) groups excluding carboxylic acids is 1. The van der Waals surface area contributed by atoms with Crippen molar-refractivity contribution < 1.29 is 14.3 Å². The molecule has 1 aliphatic rings. The van der Waals surface area contributed by atoms with Gasteiger partial charge in [-0.25, -0.2) is 4.79 Å². The van der Waals surface area contributed by atoms with Gasteiger partial charge in [-0.3, -0.25) is 0 Å². The molecule has 0 amide bonds. The van der Waals surface area contributed by atoms with Gasteiger partial charge in [0, 0.05) is 6.61 Å². The molecule has 0 N–H and O–H groups in total. The zero-order valence-corrected chi connectivity index (χ0v) is 8.41. The van der Waals surface area contributed by atoms with Crippen molar-refractivity contribution in [3.8, 4) is 0 Å². The van der Waals surface area contributed by atoms with Crippen LogP contribution in [0, 0.1) is 5.92 Å². The van der Waals surface area contributed by atoms with Crippen molar-refractivity contribution in [1.82, 2.24) is 0 Å². The Balaban J connectivity index is 2.01. The number of ether oxygens (including phenoxy) is 2. The van der Waals surface area contributed by atoms with Crippen LogP contribution in [0.15, 0.2) is 0 Å². The van der Waals surface area contributed by atoms with Gasteiger partial charge in [-0.1, -0.05) is 12.8 Å². The Bertz CT molecular complexity index is 164. The molecule has 1 unspecified atom stereocenters. The van der Waals surface area contributed by atoms with Crippen molar-refractivity contribution in [3.63, 3.8) is 0 Å². The van der Waals surface area contributed by atoms with E-state index in [4.69, 9.17) is 9.47 Å². The Morgan fingerprint density at radius 1 is 1.54 bits per heavy atom. The van der Waals surface area contributed by atoms with Crippen molar-refractivity contribution in [2.24, 2.45) is 5.92 Å². The van der Waals surface area contributed by atoms with Gasteiger partial charge in [0.2, 0.25) is 0 Å². The zero-order valence-electron chi connectivity index (χ0n) is 8.41. The smallest absolute Gasteiger partial charge is 0.334 e. The molecular formula is C10H18O3. The average Bonchev–Trinajstić information content (AvgIpc) is 2.88. The molecule has 1 rings (SSSR count). The standard InChI is InChI=1S/C10H18O3/c1-3-12-10(11)8(2)13-7-6-9-4-5-9/h8-9H,3-7H2,1-2H3. The van der Waals surface area contributed by atoms with Crippen LogP contribution in [-0.4, -0.2) is 25.3 Å². The Kier molecular flexibility index (Phi) is 4.22. The molecule has 0 radical (unpaired) electrons. The molecule has 0 bridgehead atoms. The summed E-state index contributed by atoms with van der Waals surface area (Å²) in [5.41, 5.74) is 0. The minimum absolute atomic E-state index is 0.252. The lowest BCUT2D eigenvalue weighted by Crippen LogP contribution is -2.23. The molecule has 0 aromatic heterocycles. The number of hydrogen-bond acceptors (Lipinski definition) is 3. The van der Waals surface area contributed by atoms with E-state index in [1.54, 1.807) is 13.8 Å². The molecule has 1 saturated carbocycles. The molecule has 0 aromatic carbocycles. The number of esters is 1. The van der Waals surface area contributed by atoms with Crippen molar-refractivity contribution in [3.05, 3.63) is 0 Å². The van der Waals surface area contributed by atoms with E-state index in [9.17, 15) is 4.79 Å². The summed E-state index contributed by atoms with van der Waals surface area (Å²) in [6.45, 7) is 4.65. The first-order valence-electron chi connectivity index (χ1n) is 5.02. The lowest BCUT2D eigenvalue weighted by molar-refractivity contribution is -0.155. The second-order valence-corrected chi connectivity index (χ2v) is 3.50. The van der Waals surface area contributed by atoms with Crippen LogP contribution >= 0.6 is 0 Å². The van der Waals surface area contributed by atoms with Gasteiger partial charge in [0.25, 0.3) is 0 Å². The van der Waals surface area contributed by atoms with Crippen molar-refractivity contribution in [2.45, 2.75) is 39.2 Å². The minimum atomic E-state index is -0.404. The molecule has 0 heterocycles. The van der Waals surface area contributed by atoms with Crippen LogP contribution in [0.2, 0.25) is 0 Å². The van der Waals surface area contributed by atoms with Crippen molar-refractivity contribution >= 4 is 5.97 Å². The topological polar surface area (TPSA) is 35.5 Å². The molecule has 1 aliphatic carbocycles. The van der Waals surface area contributed by atoms with E-state index in [1.807, 2.05) is 0 Å². The third-order valence-corrected chi connectivity index (χ3v) is 2.21. The van der Waals surface area contributed by atoms with E-state index >= 15 is 0 Å². The fourth-order valence-corrected chi connectivity index (χ4v) is 1.15. The summed E-state index contributed by atoms with van der Waals surface area (Å²) in [7, 11) is 0. The first-order chi connectivity index (χ1) is 6.24. The van der Waals surface area contributed by atoms with Gasteiger partial charge in [0.1, 0.15) is 0 Å². The second-order valence-electron chi connectivity index (χ2n) is 3.50. The molecular weight excluding hydrogens is 168 g/mol. The largest absolute Gasteiger partial charge is 0.464 e. The Hall–Kier alpha value is -0.570. The van der Waals surface area contributed by atoms with Crippen LogP contribution in [0.4, 0.5) is 0 Å². The Labute approximate surface area is 79.4 Å². The van der Waals surface area contributed by atoms with Crippen molar-refractivity contribution in [1.29, 1.82) is 0 Å². The van der Waals surface area contributed by atoms with E-state index in [1.165, 1.54) is 12.8 Å². The van der Waals surface area contributed by atoms with Gasteiger partial charge in [0.05, 0.1) is 6.61 Å². The van der Waals surface area contributed by atoms with E-state index < -0.39 is 6.10 Å². The summed E-state index contributed by atoms with van der Waals surface area (Å²) in [6.07, 6.45) is 3.34. The molecule has 3 heteroatoms. The van der Waals surface area contributed by atoms with E-state index in [0.29, 0.717) is 13.2 Å². The summed E-state index contributed by atoms with van der Waals surface area (Å²) < 4.78 is 10.1. The number of rotatable bonds is 6. The summed E-state index contributed by atoms with van der Waals surface area (Å²) in [6, 6.07) is 0. The summed E-state index contributed by atoms with van der Waals surface area (Å²) in [4.78, 5) is 11.1. The fourth-order valence-electron chi connectivity index (χ4n) is 1.15. The van der Waals surface area contributed by atoms with E-state index in [0.717, 1.165) is 12.3 Å². The maximum atomic E-state index is 11.1. The summed E-state index contributed by atoms with van der Waals surface area (Å²) >= 11 is 0. The van der Waals surface area contributed by atoms with Crippen LogP contribution in [-0.2, 0) is 14.3 Å². The SMILES string of the molecule is CCOC(=O)C(C)OCCC1CC1. The molecule has 0 aliphatic heterocycles. The summed E-state index contributed by atoms with van der Waals surface area (Å²) in [5.74, 6) is 0.604. The molecule has 0 aromatic rings. The monoisotopic (exact) mass is 186 g/mol. The highest BCUT2D eigenvalue weighted by Gasteiger charge is 2.22. The van der Waals surface area contributed by atoms with Crippen molar-refractivity contribution in [2.75, 3.05) is 13.2 Å². The first kappa shape index (κ1) is 10.5. The minimum Gasteiger partial charge on any atom is -0.464 e. The third kappa shape index (κ3) is 4.27. The second kappa shape index (κ2) is 5.22. The highest BCUT2D eigenvalue weighted by atomic mass is 16.6. The van der Waals surface area contributed by atoms with Crippen LogP contribution in [0.1, 0.15) is 33.1 Å². The Morgan fingerprint density at radius 3 is 2.77 bits per heavy atom. The van der Waals surface area contributed by atoms with E-state index in [-0.39, 0.29) is 5.97 Å². The van der Waals surface area contributed by atoms with Gasteiger partial charge in [0.15, 0.2) is 6.10 Å². The van der Waals surface area contributed by atoms with Crippen LogP contribution in [0.5, 0.6) is 0 Å². The molecule has 13 heavy (non-hydrogen) atoms. The first-order valence-corrected chi connectivity index (χ1v) is 5.02. The molecule has 76 valence electrons. The highest BCUT2D eigenvalue weighted by molar-refractivity contribution is 5.74. The maximum Gasteiger partial charge on any atom is 0.334 e. The number of hydrogen-bond donors (Lipinski definition) is 0. The highest BCUT2D eigenvalue weighted by Crippen LogP contribution is 2.32. The van der Waals surface area contributed by atoms with Gasteiger partial charge < -0.3 is 9.47 Å². The average molecular weight is 186 g/mol.